The lowest BCUT2D eigenvalue weighted by molar-refractivity contribution is -0.125. The summed E-state index contributed by atoms with van der Waals surface area (Å²) in [5.74, 6) is 0.324. The summed E-state index contributed by atoms with van der Waals surface area (Å²) >= 11 is 0. The first-order valence-electron chi connectivity index (χ1n) is 8.08. The third kappa shape index (κ3) is 4.22. The van der Waals surface area contributed by atoms with Crippen molar-refractivity contribution in [2.75, 3.05) is 40.3 Å². The normalized spacial score (nSPS) is 26.1. The molecule has 0 spiro atoms. The zero-order valence-corrected chi connectivity index (χ0v) is 13.6. The van der Waals surface area contributed by atoms with Gasteiger partial charge in [-0.15, -0.1) is 0 Å². The largest absolute Gasteiger partial charge is 0.465 e. The second-order valence-corrected chi connectivity index (χ2v) is 6.54. The van der Waals surface area contributed by atoms with Crippen molar-refractivity contribution in [3.05, 3.63) is 12.2 Å². The molecule has 2 rings (SSSR count). The molecule has 0 aromatic carbocycles. The molecule has 0 aliphatic carbocycles. The van der Waals surface area contributed by atoms with Gasteiger partial charge in [0, 0.05) is 38.3 Å². The maximum Gasteiger partial charge on any atom is 0.407 e. The van der Waals surface area contributed by atoms with Gasteiger partial charge in [-0.2, -0.15) is 0 Å². The van der Waals surface area contributed by atoms with Crippen molar-refractivity contribution in [3.8, 4) is 0 Å². The van der Waals surface area contributed by atoms with Crippen LogP contribution in [-0.4, -0.2) is 78.1 Å². The second-order valence-electron chi connectivity index (χ2n) is 6.54. The van der Waals surface area contributed by atoms with Crippen LogP contribution in [0, 0.1) is 5.92 Å². The van der Waals surface area contributed by atoms with E-state index in [2.05, 4.69) is 0 Å². The Bertz CT molecular complexity index is 436. The minimum atomic E-state index is -0.819. The van der Waals surface area contributed by atoms with Gasteiger partial charge in [-0.25, -0.2) is 4.79 Å². The monoisotopic (exact) mass is 309 g/mol. The van der Waals surface area contributed by atoms with E-state index in [9.17, 15) is 14.7 Å². The van der Waals surface area contributed by atoms with Gasteiger partial charge in [-0.05, 0) is 45.7 Å². The molecule has 1 unspecified atom stereocenters. The van der Waals surface area contributed by atoms with Crippen molar-refractivity contribution in [1.82, 2.24) is 14.7 Å². The SMILES string of the molecule is CN(C)C/C=C/C(=O)N1CC[C@H](C2CCCCN2C(=O)O)C1. The molecule has 2 atom stereocenters. The number of carboxylic acid groups (broad SMARTS) is 1. The molecule has 2 fully saturated rings. The summed E-state index contributed by atoms with van der Waals surface area (Å²) in [4.78, 5) is 29.0. The average molecular weight is 309 g/mol. The van der Waals surface area contributed by atoms with Crippen molar-refractivity contribution in [1.29, 1.82) is 0 Å². The Morgan fingerprint density at radius 2 is 2.00 bits per heavy atom. The third-order valence-electron chi connectivity index (χ3n) is 4.61. The first-order chi connectivity index (χ1) is 10.5. The Morgan fingerprint density at radius 3 is 2.68 bits per heavy atom. The zero-order valence-electron chi connectivity index (χ0n) is 13.6. The van der Waals surface area contributed by atoms with Crippen molar-refractivity contribution in [3.63, 3.8) is 0 Å². The molecule has 124 valence electrons. The molecule has 2 aliphatic rings. The van der Waals surface area contributed by atoms with E-state index in [1.165, 1.54) is 0 Å². The Balaban J connectivity index is 1.90. The van der Waals surface area contributed by atoms with Gasteiger partial charge in [0.05, 0.1) is 0 Å². The molecular weight excluding hydrogens is 282 g/mol. The van der Waals surface area contributed by atoms with E-state index in [1.807, 2.05) is 30.0 Å². The van der Waals surface area contributed by atoms with Crippen LogP contribution in [0.1, 0.15) is 25.7 Å². The first kappa shape index (κ1) is 16.8. The Morgan fingerprint density at radius 1 is 1.23 bits per heavy atom. The Labute approximate surface area is 132 Å². The molecule has 2 amide bonds. The van der Waals surface area contributed by atoms with Gasteiger partial charge in [0.2, 0.25) is 5.91 Å². The number of nitrogens with zero attached hydrogens (tertiary/aromatic N) is 3. The van der Waals surface area contributed by atoms with Crippen LogP contribution in [0.2, 0.25) is 0 Å². The van der Waals surface area contributed by atoms with Gasteiger partial charge in [0.1, 0.15) is 0 Å². The van der Waals surface area contributed by atoms with E-state index >= 15 is 0 Å². The summed E-state index contributed by atoms with van der Waals surface area (Å²) in [5, 5.41) is 9.34. The van der Waals surface area contributed by atoms with Gasteiger partial charge in [-0.1, -0.05) is 6.08 Å². The smallest absolute Gasteiger partial charge is 0.407 e. The van der Waals surface area contributed by atoms with Crippen LogP contribution >= 0.6 is 0 Å². The van der Waals surface area contributed by atoms with Crippen molar-refractivity contribution < 1.29 is 14.7 Å². The zero-order chi connectivity index (χ0) is 16.1. The number of amides is 2. The maximum atomic E-state index is 12.2. The quantitative estimate of drug-likeness (QED) is 0.799. The number of piperidine rings is 1. The summed E-state index contributed by atoms with van der Waals surface area (Å²) < 4.78 is 0. The standard InChI is InChI=1S/C16H27N3O3/c1-17(2)9-5-7-15(20)18-11-8-13(12-18)14-6-3-4-10-19(14)16(21)22/h5,7,13-14H,3-4,6,8-12H2,1-2H3,(H,21,22)/b7-5+/t13-,14?/m0/s1. The lowest BCUT2D eigenvalue weighted by atomic mass is 9.90. The van der Waals surface area contributed by atoms with Gasteiger partial charge >= 0.3 is 6.09 Å². The highest BCUT2D eigenvalue weighted by Gasteiger charge is 2.37. The Hall–Kier alpha value is -1.56. The third-order valence-corrected chi connectivity index (χ3v) is 4.61. The number of hydrogen-bond acceptors (Lipinski definition) is 3. The number of hydrogen-bond donors (Lipinski definition) is 1. The molecule has 6 nitrogen and oxygen atoms in total. The predicted molar refractivity (Wildman–Crippen MR) is 84.8 cm³/mol. The van der Waals surface area contributed by atoms with Gasteiger partial charge in [0.15, 0.2) is 0 Å². The molecule has 2 saturated heterocycles. The lowest BCUT2D eigenvalue weighted by Gasteiger charge is -2.37. The Kier molecular flexibility index (Phi) is 5.83. The van der Waals surface area contributed by atoms with Crippen LogP contribution in [0.15, 0.2) is 12.2 Å². The van der Waals surface area contributed by atoms with Gasteiger partial charge in [0.25, 0.3) is 0 Å². The molecule has 0 aromatic heterocycles. The number of carbonyl (C=O) groups is 2. The maximum absolute atomic E-state index is 12.2. The van der Waals surface area contributed by atoms with Crippen molar-refractivity contribution >= 4 is 12.0 Å². The highest BCUT2D eigenvalue weighted by Crippen LogP contribution is 2.30. The molecule has 6 heteroatoms. The highest BCUT2D eigenvalue weighted by atomic mass is 16.4. The van der Waals surface area contributed by atoms with Crippen LogP contribution in [0.5, 0.6) is 0 Å². The van der Waals surface area contributed by atoms with Gasteiger partial charge in [-0.3, -0.25) is 4.79 Å². The molecule has 0 radical (unpaired) electrons. The topological polar surface area (TPSA) is 64.1 Å². The summed E-state index contributed by atoms with van der Waals surface area (Å²) in [6, 6.07) is 0.0785. The van der Waals surface area contributed by atoms with E-state index in [0.717, 1.165) is 38.8 Å². The molecule has 0 bridgehead atoms. The minimum absolute atomic E-state index is 0.0436. The van der Waals surface area contributed by atoms with E-state index in [0.29, 0.717) is 13.1 Å². The fourth-order valence-electron chi connectivity index (χ4n) is 3.46. The number of carbonyl (C=O) groups excluding carboxylic acids is 1. The van der Waals surface area contributed by atoms with Crippen molar-refractivity contribution in [2.24, 2.45) is 5.92 Å². The highest BCUT2D eigenvalue weighted by molar-refractivity contribution is 5.87. The molecule has 0 saturated carbocycles. The molecule has 1 N–H and O–H groups in total. The van der Waals surface area contributed by atoms with E-state index in [-0.39, 0.29) is 17.9 Å². The molecular formula is C16H27N3O3. The summed E-state index contributed by atoms with van der Waals surface area (Å²) in [6.07, 6.45) is 6.56. The summed E-state index contributed by atoms with van der Waals surface area (Å²) in [7, 11) is 3.93. The average Bonchev–Trinajstić information content (AvgIpc) is 2.96. The molecule has 2 aliphatic heterocycles. The predicted octanol–water partition coefficient (Wildman–Crippen LogP) is 1.49. The fourth-order valence-corrected chi connectivity index (χ4v) is 3.46. The molecule has 22 heavy (non-hydrogen) atoms. The van der Waals surface area contributed by atoms with E-state index < -0.39 is 6.09 Å². The number of likely N-dealkylation sites (tertiary alicyclic amines) is 2. The second kappa shape index (κ2) is 7.63. The summed E-state index contributed by atoms with van der Waals surface area (Å²) in [5.41, 5.74) is 0. The van der Waals surface area contributed by atoms with Crippen LogP contribution in [0.3, 0.4) is 0 Å². The molecule has 2 heterocycles. The van der Waals surface area contributed by atoms with Crippen molar-refractivity contribution in [2.45, 2.75) is 31.7 Å². The van der Waals surface area contributed by atoms with Gasteiger partial charge < -0.3 is 19.8 Å². The van der Waals surface area contributed by atoms with E-state index in [4.69, 9.17) is 0 Å². The van der Waals surface area contributed by atoms with Crippen LogP contribution < -0.4 is 0 Å². The first-order valence-corrected chi connectivity index (χ1v) is 8.08. The molecule has 0 aromatic rings. The van der Waals surface area contributed by atoms with Crippen LogP contribution in [-0.2, 0) is 4.79 Å². The number of rotatable bonds is 4. The lowest BCUT2D eigenvalue weighted by Crippen LogP contribution is -2.47. The van der Waals surface area contributed by atoms with E-state index in [1.54, 1.807) is 11.0 Å². The summed E-state index contributed by atoms with van der Waals surface area (Å²) in [6.45, 7) is 2.80. The van der Waals surface area contributed by atoms with Crippen LogP contribution in [0.4, 0.5) is 4.79 Å². The van der Waals surface area contributed by atoms with Crippen LogP contribution in [0.25, 0.3) is 0 Å². The minimum Gasteiger partial charge on any atom is -0.465 e. The fraction of sp³-hybridized carbons (Fsp3) is 0.750. The number of likely N-dealkylation sites (N-methyl/N-ethyl adjacent to an activating group) is 1.